The van der Waals surface area contributed by atoms with Gasteiger partial charge in [0, 0.05) is 29.9 Å². The zero-order chi connectivity index (χ0) is 18.2. The third-order valence-electron chi connectivity index (χ3n) is 4.91. The lowest BCUT2D eigenvalue weighted by molar-refractivity contribution is 0.689. The van der Waals surface area contributed by atoms with E-state index in [2.05, 4.69) is 17.1 Å². The lowest BCUT2D eigenvalue weighted by Crippen LogP contribution is -2.09. The molecule has 4 nitrogen and oxygen atoms in total. The number of pyridine rings is 1. The van der Waals surface area contributed by atoms with Gasteiger partial charge in [0.05, 0.1) is 34.5 Å². The average Bonchev–Trinajstić information content (AvgIpc) is 3.31. The minimum atomic E-state index is -1.10. The molecule has 1 aromatic heterocycles. The van der Waals surface area contributed by atoms with Gasteiger partial charge in [0.25, 0.3) is 0 Å². The van der Waals surface area contributed by atoms with Gasteiger partial charge in [0.2, 0.25) is 0 Å². The molecule has 2 aromatic carbocycles. The van der Waals surface area contributed by atoms with Crippen molar-refractivity contribution in [2.24, 2.45) is 9.98 Å². The summed E-state index contributed by atoms with van der Waals surface area (Å²) < 4.78 is 12.8. The van der Waals surface area contributed by atoms with Gasteiger partial charge in [-0.2, -0.15) is 0 Å². The Morgan fingerprint density at radius 2 is 1.78 bits per heavy atom. The largest absolute Gasteiger partial charge is 0.279 e. The summed E-state index contributed by atoms with van der Waals surface area (Å²) in [6, 6.07) is 18.2. The summed E-state index contributed by atoms with van der Waals surface area (Å²) in [5.74, 6) is 0.511. The van der Waals surface area contributed by atoms with E-state index in [9.17, 15) is 4.21 Å². The van der Waals surface area contributed by atoms with Crippen LogP contribution in [-0.4, -0.2) is 19.9 Å². The first kappa shape index (κ1) is 16.3. The van der Waals surface area contributed by atoms with Crippen LogP contribution in [0.2, 0.25) is 0 Å². The monoisotopic (exact) mass is 371 g/mol. The number of rotatable bonds is 3. The zero-order valence-corrected chi connectivity index (χ0v) is 15.4. The molecule has 27 heavy (non-hydrogen) atoms. The van der Waals surface area contributed by atoms with E-state index in [0.29, 0.717) is 18.7 Å². The summed E-state index contributed by atoms with van der Waals surface area (Å²) in [5.41, 5.74) is 7.54. The Bertz CT molecular complexity index is 1110. The van der Waals surface area contributed by atoms with E-state index in [1.54, 1.807) is 12.4 Å². The second-order valence-corrected chi connectivity index (χ2v) is 8.15. The molecule has 132 valence electrons. The molecule has 1 unspecified atom stereocenters. The smallest absolute Gasteiger partial charge is 0.110 e. The van der Waals surface area contributed by atoms with E-state index in [4.69, 9.17) is 9.98 Å². The van der Waals surface area contributed by atoms with Crippen LogP contribution < -0.4 is 0 Å². The second-order valence-electron chi connectivity index (χ2n) is 6.70. The van der Waals surface area contributed by atoms with Crippen LogP contribution in [-0.2, 0) is 29.5 Å². The van der Waals surface area contributed by atoms with Crippen LogP contribution in [0.3, 0.4) is 0 Å². The molecule has 0 radical (unpaired) electrons. The van der Waals surface area contributed by atoms with E-state index in [1.807, 2.05) is 42.5 Å². The normalized spacial score (nSPS) is 15.7. The molecule has 3 heterocycles. The molecule has 5 heteroatoms. The summed E-state index contributed by atoms with van der Waals surface area (Å²) in [4.78, 5) is 13.5. The molecule has 5 rings (SSSR count). The standard InChI is InChI=1S/C22H17N3OS/c26-27(14-15-4-2-1-3-5-15)21-11-17-10-18-13-24-22(16-6-8-23-9-7-16)19(18)12-20(17)25-21/h1-10,12H,11,13-14H2. The Balaban J connectivity index is 1.43. The van der Waals surface area contributed by atoms with Gasteiger partial charge in [-0.05, 0) is 34.9 Å². The van der Waals surface area contributed by atoms with Crippen molar-refractivity contribution in [2.75, 3.05) is 0 Å². The first-order valence-electron chi connectivity index (χ1n) is 8.89. The highest BCUT2D eigenvalue weighted by atomic mass is 32.2. The Morgan fingerprint density at radius 1 is 0.963 bits per heavy atom. The quantitative estimate of drug-likeness (QED) is 0.700. The van der Waals surface area contributed by atoms with E-state index < -0.39 is 10.8 Å². The highest BCUT2D eigenvalue weighted by Crippen LogP contribution is 2.35. The van der Waals surface area contributed by atoms with E-state index in [0.717, 1.165) is 38.7 Å². The minimum absolute atomic E-state index is 0.511. The van der Waals surface area contributed by atoms with Crippen molar-refractivity contribution in [3.8, 4) is 0 Å². The van der Waals surface area contributed by atoms with Crippen molar-refractivity contribution in [3.05, 3.63) is 94.8 Å². The predicted molar refractivity (Wildman–Crippen MR) is 109 cm³/mol. The van der Waals surface area contributed by atoms with Crippen molar-refractivity contribution < 1.29 is 4.21 Å². The van der Waals surface area contributed by atoms with Gasteiger partial charge in [-0.1, -0.05) is 36.4 Å². The van der Waals surface area contributed by atoms with Crippen molar-refractivity contribution >= 4 is 27.2 Å². The van der Waals surface area contributed by atoms with E-state index in [1.165, 1.54) is 5.56 Å². The molecule has 0 spiro atoms. The highest BCUT2D eigenvalue weighted by molar-refractivity contribution is 8.00. The predicted octanol–water partition coefficient (Wildman–Crippen LogP) is 3.97. The van der Waals surface area contributed by atoms with Gasteiger partial charge in [0.15, 0.2) is 0 Å². The van der Waals surface area contributed by atoms with Gasteiger partial charge in [0.1, 0.15) is 5.04 Å². The van der Waals surface area contributed by atoms with Gasteiger partial charge in [-0.25, -0.2) is 4.99 Å². The van der Waals surface area contributed by atoms with Crippen LogP contribution in [0.15, 0.2) is 77.0 Å². The van der Waals surface area contributed by atoms with Crippen molar-refractivity contribution in [2.45, 2.75) is 18.7 Å². The topological polar surface area (TPSA) is 54.7 Å². The number of hydrogen-bond acceptors (Lipinski definition) is 4. The second kappa shape index (κ2) is 6.67. The summed E-state index contributed by atoms with van der Waals surface area (Å²) in [6.45, 7) is 0.683. The SMILES string of the molecule is O=S(Cc1ccccc1)C1=Nc2cc3c(cc2C1)CN=C3c1ccncc1. The first-order valence-corrected chi connectivity index (χ1v) is 10.2. The fourth-order valence-corrected chi connectivity index (χ4v) is 4.74. The zero-order valence-electron chi connectivity index (χ0n) is 14.6. The van der Waals surface area contributed by atoms with Crippen LogP contribution in [0.5, 0.6) is 0 Å². The van der Waals surface area contributed by atoms with Crippen molar-refractivity contribution in [1.82, 2.24) is 4.98 Å². The third-order valence-corrected chi connectivity index (χ3v) is 6.27. The summed E-state index contributed by atoms with van der Waals surface area (Å²) in [5, 5.41) is 0.764. The maximum Gasteiger partial charge on any atom is 0.110 e. The number of aromatic nitrogens is 1. The van der Waals surface area contributed by atoms with Crippen LogP contribution in [0.4, 0.5) is 5.69 Å². The Morgan fingerprint density at radius 3 is 2.59 bits per heavy atom. The first-order chi connectivity index (χ1) is 13.3. The van der Waals surface area contributed by atoms with Crippen molar-refractivity contribution in [3.63, 3.8) is 0 Å². The van der Waals surface area contributed by atoms with Gasteiger partial charge < -0.3 is 0 Å². The van der Waals surface area contributed by atoms with Crippen LogP contribution in [0, 0.1) is 0 Å². The summed E-state index contributed by atoms with van der Waals surface area (Å²) >= 11 is 0. The molecule has 0 fully saturated rings. The van der Waals surface area contributed by atoms with Crippen LogP contribution >= 0.6 is 0 Å². The Labute approximate surface area is 160 Å². The summed E-state index contributed by atoms with van der Waals surface area (Å²) in [7, 11) is -1.10. The molecular formula is C22H17N3OS. The summed E-state index contributed by atoms with van der Waals surface area (Å²) in [6.07, 6.45) is 4.23. The molecule has 3 aromatic rings. The number of benzene rings is 2. The van der Waals surface area contributed by atoms with Gasteiger partial charge >= 0.3 is 0 Å². The molecule has 0 saturated heterocycles. The van der Waals surface area contributed by atoms with Crippen LogP contribution in [0.1, 0.15) is 27.8 Å². The minimum Gasteiger partial charge on any atom is -0.279 e. The Hall–Kier alpha value is -2.92. The number of aliphatic imine (C=N–C) groups is 2. The fraction of sp³-hybridized carbons (Fsp3) is 0.136. The maximum absolute atomic E-state index is 12.8. The van der Waals surface area contributed by atoms with Crippen molar-refractivity contribution in [1.29, 1.82) is 0 Å². The average molecular weight is 371 g/mol. The Kier molecular flexibility index (Phi) is 4.02. The molecule has 0 aliphatic carbocycles. The van der Waals surface area contributed by atoms with Crippen LogP contribution in [0.25, 0.3) is 0 Å². The van der Waals surface area contributed by atoms with Gasteiger partial charge in [-0.3, -0.25) is 14.2 Å². The molecule has 1 atom stereocenters. The molecule has 2 aliphatic rings. The molecule has 2 aliphatic heterocycles. The lowest BCUT2D eigenvalue weighted by Gasteiger charge is -2.06. The van der Waals surface area contributed by atoms with Gasteiger partial charge in [-0.15, -0.1) is 0 Å². The van der Waals surface area contributed by atoms with E-state index in [-0.39, 0.29) is 0 Å². The number of fused-ring (bicyclic) bond motifs is 2. The molecule has 0 bridgehead atoms. The number of nitrogens with zero attached hydrogens (tertiary/aromatic N) is 3. The molecule has 0 N–H and O–H groups in total. The fourth-order valence-electron chi connectivity index (χ4n) is 3.56. The van der Waals surface area contributed by atoms with E-state index >= 15 is 0 Å². The lowest BCUT2D eigenvalue weighted by atomic mass is 9.97. The third kappa shape index (κ3) is 3.04. The number of hydrogen-bond donors (Lipinski definition) is 0. The maximum atomic E-state index is 12.8. The molecule has 0 saturated carbocycles. The molecular weight excluding hydrogens is 354 g/mol. The highest BCUT2D eigenvalue weighted by Gasteiger charge is 2.25. The molecule has 0 amide bonds.